The van der Waals surface area contributed by atoms with Crippen molar-refractivity contribution in [2.45, 2.75) is 14.7 Å². The van der Waals surface area contributed by atoms with Gasteiger partial charge in [-0.1, -0.05) is 50.1 Å². The Morgan fingerprint density at radius 3 is 1.24 bits per heavy atom. The van der Waals surface area contributed by atoms with Gasteiger partial charge in [-0.25, -0.2) is 0 Å². The average molecular weight is 737 g/mol. The van der Waals surface area contributed by atoms with E-state index in [1.165, 1.54) is 14.7 Å². The molecule has 0 amide bonds. The van der Waals surface area contributed by atoms with Crippen molar-refractivity contribution in [1.82, 2.24) is 0 Å². The minimum Gasteiger partial charge on any atom is -0.0619 e. The second-order valence-corrected chi connectivity index (χ2v) is 12.2. The lowest BCUT2D eigenvalue weighted by Gasteiger charge is -2.14. The molecular formula is C18H9Br6S+. The van der Waals surface area contributed by atoms with Crippen LogP contribution in [-0.4, -0.2) is 0 Å². The summed E-state index contributed by atoms with van der Waals surface area (Å²) < 4.78 is 6.29. The van der Waals surface area contributed by atoms with Crippen molar-refractivity contribution in [3.8, 4) is 0 Å². The molecule has 0 saturated carbocycles. The summed E-state index contributed by atoms with van der Waals surface area (Å²) in [5.41, 5.74) is 0. The fourth-order valence-electron chi connectivity index (χ4n) is 2.34. The Kier molecular flexibility index (Phi) is 7.36. The van der Waals surface area contributed by atoms with E-state index >= 15 is 0 Å². The molecule has 0 heterocycles. The molecule has 0 N–H and O–H groups in total. The maximum atomic E-state index is 3.76. The van der Waals surface area contributed by atoms with Gasteiger partial charge in [-0.3, -0.25) is 0 Å². The quantitative estimate of drug-likeness (QED) is 0.235. The maximum absolute atomic E-state index is 3.76. The van der Waals surface area contributed by atoms with Crippen LogP contribution >= 0.6 is 95.6 Å². The Bertz CT molecular complexity index is 823. The van der Waals surface area contributed by atoms with Gasteiger partial charge in [-0.05, 0) is 100 Å². The monoisotopic (exact) mass is 731 g/mol. The predicted octanol–water partition coefficient (Wildman–Crippen LogP) is 9.36. The lowest BCUT2D eigenvalue weighted by molar-refractivity contribution is 1.24. The first-order chi connectivity index (χ1) is 11.9. The van der Waals surface area contributed by atoms with E-state index < -0.39 is 0 Å². The summed E-state index contributed by atoms with van der Waals surface area (Å²) in [5, 5.41) is 0. The molecule has 0 fully saturated rings. The minimum atomic E-state index is -0.307. The summed E-state index contributed by atoms with van der Waals surface area (Å²) in [5.74, 6) is 0. The van der Waals surface area contributed by atoms with Crippen LogP contribution in [-0.2, 0) is 10.9 Å². The number of hydrogen-bond donors (Lipinski definition) is 0. The molecule has 0 saturated heterocycles. The third-order valence-corrected chi connectivity index (χ3v) is 10.2. The van der Waals surface area contributed by atoms with E-state index in [0.717, 1.165) is 26.8 Å². The third kappa shape index (κ3) is 4.66. The minimum absolute atomic E-state index is 0.307. The zero-order chi connectivity index (χ0) is 18.1. The highest BCUT2D eigenvalue weighted by Crippen LogP contribution is 2.46. The van der Waals surface area contributed by atoms with Crippen molar-refractivity contribution in [3.63, 3.8) is 0 Å². The SMILES string of the molecule is Brc1cc(Br)c([S+](c2ccccc2)c2c(Br)cc(Br)cc2Br)c(Br)c1. The van der Waals surface area contributed by atoms with Gasteiger partial charge in [-0.15, -0.1) is 0 Å². The smallest absolute Gasteiger partial charge is 0.0619 e. The highest BCUT2D eigenvalue weighted by atomic mass is 79.9. The van der Waals surface area contributed by atoms with E-state index in [2.05, 4.69) is 144 Å². The topological polar surface area (TPSA) is 0 Å². The molecule has 25 heavy (non-hydrogen) atoms. The zero-order valence-corrected chi connectivity index (χ0v) is 22.7. The van der Waals surface area contributed by atoms with Gasteiger partial charge in [0.15, 0.2) is 14.7 Å². The van der Waals surface area contributed by atoms with Crippen LogP contribution < -0.4 is 0 Å². The van der Waals surface area contributed by atoms with E-state index in [4.69, 9.17) is 0 Å². The van der Waals surface area contributed by atoms with Gasteiger partial charge in [0.2, 0.25) is 0 Å². The zero-order valence-electron chi connectivity index (χ0n) is 12.4. The van der Waals surface area contributed by atoms with Crippen LogP contribution in [0.2, 0.25) is 0 Å². The first-order valence-corrected chi connectivity index (χ1v) is 12.9. The van der Waals surface area contributed by atoms with Crippen LogP contribution in [0.3, 0.4) is 0 Å². The van der Waals surface area contributed by atoms with Crippen molar-refractivity contribution in [2.75, 3.05) is 0 Å². The van der Waals surface area contributed by atoms with Crippen LogP contribution in [0.15, 0.2) is 96.1 Å². The highest BCUT2D eigenvalue weighted by molar-refractivity contribution is 9.12. The Morgan fingerprint density at radius 2 is 0.880 bits per heavy atom. The molecule has 0 radical (unpaired) electrons. The lowest BCUT2D eigenvalue weighted by Crippen LogP contribution is -2.08. The first-order valence-electron chi connectivity index (χ1n) is 6.97. The van der Waals surface area contributed by atoms with Crippen molar-refractivity contribution in [2.24, 2.45) is 0 Å². The molecular weight excluding hydrogens is 728 g/mol. The summed E-state index contributed by atoms with van der Waals surface area (Å²) >= 11 is 22.2. The summed E-state index contributed by atoms with van der Waals surface area (Å²) in [6.07, 6.45) is 0. The normalized spacial score (nSPS) is 11.2. The van der Waals surface area contributed by atoms with E-state index in [1.54, 1.807) is 0 Å². The molecule has 0 aliphatic carbocycles. The summed E-state index contributed by atoms with van der Waals surface area (Å²) in [6.45, 7) is 0. The van der Waals surface area contributed by atoms with Crippen LogP contribution in [0.5, 0.6) is 0 Å². The molecule has 0 aliphatic rings. The number of rotatable bonds is 3. The molecule has 0 atom stereocenters. The highest BCUT2D eigenvalue weighted by Gasteiger charge is 2.37. The molecule has 0 aliphatic heterocycles. The van der Waals surface area contributed by atoms with E-state index in [-0.39, 0.29) is 10.9 Å². The van der Waals surface area contributed by atoms with Crippen LogP contribution in [0.1, 0.15) is 0 Å². The second-order valence-electron chi connectivity index (χ2n) is 5.02. The van der Waals surface area contributed by atoms with E-state index in [1.807, 2.05) is 6.07 Å². The van der Waals surface area contributed by atoms with E-state index in [0.29, 0.717) is 0 Å². The number of hydrogen-bond acceptors (Lipinski definition) is 0. The Labute approximate surface area is 200 Å². The van der Waals surface area contributed by atoms with Gasteiger partial charge in [0, 0.05) is 8.95 Å². The maximum Gasteiger partial charge on any atom is 0.194 e. The molecule has 0 nitrogen and oxygen atoms in total. The Balaban J connectivity index is 2.34. The molecule has 3 aromatic carbocycles. The summed E-state index contributed by atoms with van der Waals surface area (Å²) in [7, 11) is -0.307. The van der Waals surface area contributed by atoms with Crippen LogP contribution in [0, 0.1) is 0 Å². The molecule has 128 valence electrons. The van der Waals surface area contributed by atoms with Gasteiger partial charge in [0.25, 0.3) is 0 Å². The lowest BCUT2D eigenvalue weighted by atomic mass is 10.3. The first kappa shape index (κ1) is 20.6. The van der Waals surface area contributed by atoms with Crippen molar-refractivity contribution in [3.05, 3.63) is 81.4 Å². The van der Waals surface area contributed by atoms with Gasteiger partial charge in [0.1, 0.15) is 10.9 Å². The largest absolute Gasteiger partial charge is 0.194 e. The van der Waals surface area contributed by atoms with Crippen molar-refractivity contribution >= 4 is 106 Å². The second kappa shape index (κ2) is 8.93. The fourth-order valence-corrected chi connectivity index (χ4v) is 10.9. The standard InChI is InChI=1S/C18H9Br6S/c19-10-6-13(21)17(14(22)7-10)25(12-4-2-1-3-5-12)18-15(23)8-11(20)9-16(18)24/h1-9H/q+1. The molecule has 3 rings (SSSR count). The van der Waals surface area contributed by atoms with E-state index in [9.17, 15) is 0 Å². The van der Waals surface area contributed by atoms with Crippen molar-refractivity contribution < 1.29 is 0 Å². The van der Waals surface area contributed by atoms with Crippen LogP contribution in [0.4, 0.5) is 0 Å². The molecule has 0 bridgehead atoms. The predicted molar refractivity (Wildman–Crippen MR) is 128 cm³/mol. The molecule has 0 spiro atoms. The van der Waals surface area contributed by atoms with Gasteiger partial charge in [-0.2, -0.15) is 0 Å². The third-order valence-electron chi connectivity index (χ3n) is 3.31. The van der Waals surface area contributed by atoms with Gasteiger partial charge < -0.3 is 0 Å². The van der Waals surface area contributed by atoms with Gasteiger partial charge in [0.05, 0.1) is 17.9 Å². The molecule has 0 aromatic heterocycles. The van der Waals surface area contributed by atoms with Crippen LogP contribution in [0.25, 0.3) is 0 Å². The number of benzene rings is 3. The molecule has 0 unspecified atom stereocenters. The molecule has 7 heteroatoms. The molecule has 3 aromatic rings. The Morgan fingerprint density at radius 1 is 0.520 bits per heavy atom. The summed E-state index contributed by atoms with van der Waals surface area (Å²) in [4.78, 5) is 3.66. The average Bonchev–Trinajstić information content (AvgIpc) is 2.52. The Hall–Kier alpha value is 0.890. The fraction of sp³-hybridized carbons (Fsp3) is 0. The number of halogens is 6. The van der Waals surface area contributed by atoms with Gasteiger partial charge >= 0.3 is 0 Å². The van der Waals surface area contributed by atoms with Crippen molar-refractivity contribution in [1.29, 1.82) is 0 Å². The summed E-state index contributed by atoms with van der Waals surface area (Å²) in [6, 6.07) is 18.9.